The first kappa shape index (κ1) is 15.1. The minimum atomic E-state index is -0.361. The maximum absolute atomic E-state index is 13.9. The van der Waals surface area contributed by atoms with E-state index in [1.54, 1.807) is 18.3 Å². The highest BCUT2D eigenvalue weighted by atomic mass is 32.1. The van der Waals surface area contributed by atoms with Crippen molar-refractivity contribution in [1.82, 2.24) is 5.32 Å². The van der Waals surface area contributed by atoms with Gasteiger partial charge in [-0.1, -0.05) is 0 Å². The molecule has 1 nitrogen and oxygen atoms in total. The molecule has 0 saturated heterocycles. The highest BCUT2D eigenvalue weighted by Gasteiger charge is 2.16. The van der Waals surface area contributed by atoms with Crippen LogP contribution < -0.4 is 5.32 Å². The fourth-order valence-electron chi connectivity index (χ4n) is 2.33. The fourth-order valence-corrected chi connectivity index (χ4v) is 3.01. The molecular formula is C16H19F2NS. The number of aryl methyl sites for hydroxylation is 1. The van der Waals surface area contributed by atoms with Crippen LogP contribution in [0, 0.1) is 18.6 Å². The minimum absolute atomic E-state index is 0.198. The molecule has 0 aliphatic rings. The minimum Gasteiger partial charge on any atom is -0.307 e. The van der Waals surface area contributed by atoms with Gasteiger partial charge in [0.15, 0.2) is 0 Å². The van der Waals surface area contributed by atoms with E-state index in [4.69, 9.17) is 0 Å². The molecule has 0 saturated carbocycles. The molecule has 2 aromatic rings. The summed E-state index contributed by atoms with van der Waals surface area (Å²) < 4.78 is 27.5. The number of hydrogen-bond acceptors (Lipinski definition) is 2. The van der Waals surface area contributed by atoms with Crippen LogP contribution in [0.15, 0.2) is 29.0 Å². The molecule has 4 heteroatoms. The van der Waals surface area contributed by atoms with Crippen molar-refractivity contribution in [3.63, 3.8) is 0 Å². The second kappa shape index (κ2) is 6.46. The SMILES string of the molecule is Cc1cc(F)c(C(C)NC(C)Cc2ccsc2)cc1F. The number of thiophene rings is 1. The number of nitrogens with one attached hydrogen (secondary N) is 1. The third kappa shape index (κ3) is 3.64. The maximum atomic E-state index is 13.9. The van der Waals surface area contributed by atoms with Gasteiger partial charge in [0.2, 0.25) is 0 Å². The Morgan fingerprint density at radius 3 is 2.60 bits per heavy atom. The lowest BCUT2D eigenvalue weighted by molar-refractivity contribution is 0.457. The van der Waals surface area contributed by atoms with E-state index in [-0.39, 0.29) is 23.7 Å². The highest BCUT2D eigenvalue weighted by Crippen LogP contribution is 2.21. The molecule has 2 atom stereocenters. The summed E-state index contributed by atoms with van der Waals surface area (Å²) in [5, 5.41) is 7.47. The number of rotatable bonds is 5. The summed E-state index contributed by atoms with van der Waals surface area (Å²) in [6, 6.07) is 4.60. The Bertz CT molecular complexity index is 566. The van der Waals surface area contributed by atoms with Crippen molar-refractivity contribution in [2.24, 2.45) is 0 Å². The summed E-state index contributed by atoms with van der Waals surface area (Å²) in [6.45, 7) is 5.48. The Morgan fingerprint density at radius 1 is 1.20 bits per heavy atom. The first-order valence-electron chi connectivity index (χ1n) is 6.70. The number of halogens is 2. The average Bonchev–Trinajstić information content (AvgIpc) is 2.86. The van der Waals surface area contributed by atoms with Gasteiger partial charge in [0.25, 0.3) is 0 Å². The van der Waals surface area contributed by atoms with Gasteiger partial charge < -0.3 is 5.32 Å². The van der Waals surface area contributed by atoms with Crippen molar-refractivity contribution in [2.45, 2.75) is 39.3 Å². The fraction of sp³-hybridized carbons (Fsp3) is 0.375. The van der Waals surface area contributed by atoms with Crippen LogP contribution in [-0.4, -0.2) is 6.04 Å². The highest BCUT2D eigenvalue weighted by molar-refractivity contribution is 7.07. The van der Waals surface area contributed by atoms with Gasteiger partial charge in [0.05, 0.1) is 0 Å². The van der Waals surface area contributed by atoms with Crippen LogP contribution in [0.25, 0.3) is 0 Å². The van der Waals surface area contributed by atoms with Gasteiger partial charge in [0, 0.05) is 17.6 Å². The molecule has 1 heterocycles. The molecule has 2 rings (SSSR count). The van der Waals surface area contributed by atoms with Crippen molar-refractivity contribution in [1.29, 1.82) is 0 Å². The molecule has 0 aliphatic carbocycles. The standard InChI is InChI=1S/C16H19F2NS/c1-10-6-16(18)14(8-15(10)17)12(3)19-11(2)7-13-4-5-20-9-13/h4-6,8-9,11-12,19H,7H2,1-3H3. The van der Waals surface area contributed by atoms with Gasteiger partial charge in [-0.05, 0) is 67.3 Å². The molecule has 1 aromatic heterocycles. The predicted molar refractivity (Wildman–Crippen MR) is 80.1 cm³/mol. The lowest BCUT2D eigenvalue weighted by Gasteiger charge is -2.21. The number of hydrogen-bond donors (Lipinski definition) is 1. The molecule has 1 aromatic carbocycles. The van der Waals surface area contributed by atoms with E-state index in [0.717, 1.165) is 6.42 Å². The normalized spacial score (nSPS) is 14.2. The van der Waals surface area contributed by atoms with E-state index in [1.807, 2.05) is 12.3 Å². The van der Waals surface area contributed by atoms with Crippen molar-refractivity contribution >= 4 is 11.3 Å². The molecule has 0 fully saturated rings. The van der Waals surface area contributed by atoms with E-state index < -0.39 is 0 Å². The van der Waals surface area contributed by atoms with Crippen molar-refractivity contribution in [3.8, 4) is 0 Å². The molecule has 1 N–H and O–H groups in total. The largest absolute Gasteiger partial charge is 0.307 e. The second-order valence-electron chi connectivity index (χ2n) is 5.25. The van der Waals surface area contributed by atoms with E-state index >= 15 is 0 Å². The van der Waals surface area contributed by atoms with Crippen molar-refractivity contribution < 1.29 is 8.78 Å². The zero-order valence-corrected chi connectivity index (χ0v) is 12.7. The monoisotopic (exact) mass is 295 g/mol. The quantitative estimate of drug-likeness (QED) is 0.849. The van der Waals surface area contributed by atoms with Gasteiger partial charge in [0.1, 0.15) is 11.6 Å². The molecular weight excluding hydrogens is 276 g/mol. The molecule has 0 aliphatic heterocycles. The summed E-state index contributed by atoms with van der Waals surface area (Å²) in [5.74, 6) is -0.716. The summed E-state index contributed by atoms with van der Waals surface area (Å²) in [5.41, 5.74) is 1.98. The van der Waals surface area contributed by atoms with Crippen LogP contribution in [0.4, 0.5) is 8.78 Å². The van der Waals surface area contributed by atoms with E-state index in [0.29, 0.717) is 11.1 Å². The van der Waals surface area contributed by atoms with Gasteiger partial charge in [-0.2, -0.15) is 11.3 Å². The van der Waals surface area contributed by atoms with Crippen LogP contribution in [0.1, 0.15) is 36.6 Å². The van der Waals surface area contributed by atoms with Gasteiger partial charge in [-0.25, -0.2) is 8.78 Å². The third-order valence-corrected chi connectivity index (χ3v) is 4.13. The van der Waals surface area contributed by atoms with E-state index in [1.165, 1.54) is 17.7 Å². The molecule has 0 bridgehead atoms. The average molecular weight is 295 g/mol. The first-order valence-corrected chi connectivity index (χ1v) is 7.64. The van der Waals surface area contributed by atoms with Crippen LogP contribution >= 0.6 is 11.3 Å². The Morgan fingerprint density at radius 2 is 1.95 bits per heavy atom. The van der Waals surface area contributed by atoms with Gasteiger partial charge in [-0.3, -0.25) is 0 Å². The van der Waals surface area contributed by atoms with Crippen molar-refractivity contribution in [2.75, 3.05) is 0 Å². The van der Waals surface area contributed by atoms with Crippen LogP contribution in [-0.2, 0) is 6.42 Å². The molecule has 0 radical (unpaired) electrons. The zero-order chi connectivity index (χ0) is 14.7. The molecule has 108 valence electrons. The lowest BCUT2D eigenvalue weighted by Crippen LogP contribution is -2.31. The van der Waals surface area contributed by atoms with E-state index in [2.05, 4.69) is 23.7 Å². The molecule has 0 amide bonds. The Balaban J connectivity index is 2.04. The zero-order valence-electron chi connectivity index (χ0n) is 11.9. The lowest BCUT2D eigenvalue weighted by atomic mass is 10.0. The Hall–Kier alpha value is -1.26. The Kier molecular flexibility index (Phi) is 4.89. The summed E-state index contributed by atoms with van der Waals surface area (Å²) in [4.78, 5) is 0. The summed E-state index contributed by atoms with van der Waals surface area (Å²) >= 11 is 1.67. The maximum Gasteiger partial charge on any atom is 0.128 e. The molecule has 0 spiro atoms. The molecule has 20 heavy (non-hydrogen) atoms. The summed E-state index contributed by atoms with van der Waals surface area (Å²) in [7, 11) is 0. The van der Waals surface area contributed by atoms with Gasteiger partial charge in [-0.15, -0.1) is 0 Å². The van der Waals surface area contributed by atoms with Crippen molar-refractivity contribution in [3.05, 3.63) is 57.3 Å². The van der Waals surface area contributed by atoms with Crippen LogP contribution in [0.2, 0.25) is 0 Å². The second-order valence-corrected chi connectivity index (χ2v) is 6.03. The third-order valence-electron chi connectivity index (χ3n) is 3.40. The van der Waals surface area contributed by atoms with Gasteiger partial charge >= 0.3 is 0 Å². The van der Waals surface area contributed by atoms with Crippen LogP contribution in [0.3, 0.4) is 0 Å². The Labute approximate surface area is 122 Å². The topological polar surface area (TPSA) is 12.0 Å². The van der Waals surface area contributed by atoms with Crippen LogP contribution in [0.5, 0.6) is 0 Å². The first-order chi connectivity index (χ1) is 9.47. The van der Waals surface area contributed by atoms with E-state index in [9.17, 15) is 8.78 Å². The smallest absolute Gasteiger partial charge is 0.128 e. The number of benzene rings is 1. The summed E-state index contributed by atoms with van der Waals surface area (Å²) in [6.07, 6.45) is 0.879. The molecule has 2 unspecified atom stereocenters. The predicted octanol–water partition coefficient (Wildman–Crippen LogP) is 4.62.